The van der Waals surface area contributed by atoms with Crippen molar-refractivity contribution >= 4 is 51.8 Å². The molecule has 2 saturated heterocycles. The molecular formula is C26H30ClN5O2S. The minimum absolute atomic E-state index is 0.113. The Labute approximate surface area is 215 Å². The standard InChI is InChI=1S/C26H30ClN5O2S/c1-18-15-32(16-19(2)34-18)25-26(29-23-9-4-3-8-22(23)28-25)35-17-24(33)31-12-10-30(11-13-31)21-7-5-6-20(27)14-21/h3-9,14,18-19H,10-13,15-17H2,1-2H3/t18-,19-/m1/s1. The molecule has 3 aromatic rings. The lowest BCUT2D eigenvalue weighted by Crippen LogP contribution is -2.49. The smallest absolute Gasteiger partial charge is 0.233 e. The molecule has 0 N–H and O–H groups in total. The van der Waals surface area contributed by atoms with Crippen LogP contribution in [0.25, 0.3) is 11.0 Å². The molecule has 0 saturated carbocycles. The van der Waals surface area contributed by atoms with Gasteiger partial charge in [-0.15, -0.1) is 0 Å². The minimum atomic E-state index is 0.113. The molecule has 2 aromatic carbocycles. The molecule has 0 spiro atoms. The van der Waals surface area contributed by atoms with Gasteiger partial charge in [0.1, 0.15) is 5.03 Å². The second-order valence-electron chi connectivity index (χ2n) is 9.14. The summed E-state index contributed by atoms with van der Waals surface area (Å²) in [6, 6.07) is 15.8. The topological polar surface area (TPSA) is 61.8 Å². The van der Waals surface area contributed by atoms with Crippen LogP contribution in [0.1, 0.15) is 13.8 Å². The number of carbonyl (C=O) groups excluding carboxylic acids is 1. The fourth-order valence-corrected chi connectivity index (χ4v) is 5.83. The van der Waals surface area contributed by atoms with Gasteiger partial charge >= 0.3 is 0 Å². The molecule has 9 heteroatoms. The number of carbonyl (C=O) groups is 1. The van der Waals surface area contributed by atoms with E-state index in [9.17, 15) is 4.79 Å². The van der Waals surface area contributed by atoms with Gasteiger partial charge < -0.3 is 19.4 Å². The van der Waals surface area contributed by atoms with Gasteiger partial charge in [-0.2, -0.15) is 0 Å². The van der Waals surface area contributed by atoms with Crippen molar-refractivity contribution in [3.63, 3.8) is 0 Å². The van der Waals surface area contributed by atoms with Crippen molar-refractivity contribution in [1.82, 2.24) is 14.9 Å². The molecule has 2 atom stereocenters. The molecule has 7 nitrogen and oxygen atoms in total. The molecule has 0 bridgehead atoms. The Morgan fingerprint density at radius 1 is 0.971 bits per heavy atom. The Balaban J connectivity index is 1.27. The number of anilines is 2. The van der Waals surface area contributed by atoms with Crippen LogP contribution in [0.4, 0.5) is 11.5 Å². The number of benzene rings is 2. The molecule has 0 aliphatic carbocycles. The Hall–Kier alpha value is -2.55. The third kappa shape index (κ3) is 5.66. The van der Waals surface area contributed by atoms with Crippen molar-refractivity contribution in [2.75, 3.05) is 54.8 Å². The number of hydrogen-bond acceptors (Lipinski definition) is 7. The van der Waals surface area contributed by atoms with Crippen LogP contribution >= 0.6 is 23.4 Å². The van der Waals surface area contributed by atoms with E-state index >= 15 is 0 Å². The summed E-state index contributed by atoms with van der Waals surface area (Å²) in [5, 5.41) is 1.53. The fraction of sp³-hybridized carbons (Fsp3) is 0.423. The van der Waals surface area contributed by atoms with E-state index in [1.54, 1.807) is 0 Å². The molecule has 0 unspecified atom stereocenters. The first-order valence-corrected chi connectivity index (χ1v) is 13.4. The van der Waals surface area contributed by atoms with Gasteiger partial charge in [0, 0.05) is 50.0 Å². The third-order valence-corrected chi connectivity index (χ3v) is 7.55. The quantitative estimate of drug-likeness (QED) is 0.472. The highest BCUT2D eigenvalue weighted by molar-refractivity contribution is 8.00. The van der Waals surface area contributed by atoms with Crippen LogP contribution in [-0.2, 0) is 9.53 Å². The Bertz CT molecular complexity index is 1190. The van der Waals surface area contributed by atoms with Crippen molar-refractivity contribution < 1.29 is 9.53 Å². The van der Waals surface area contributed by atoms with Crippen molar-refractivity contribution in [2.45, 2.75) is 31.1 Å². The SMILES string of the molecule is C[C@@H]1CN(c2nc3ccccc3nc2SCC(=O)N2CCN(c3cccc(Cl)c3)CC2)C[C@@H](C)O1. The number of para-hydroxylation sites is 2. The minimum Gasteiger partial charge on any atom is -0.372 e. The first-order valence-electron chi connectivity index (χ1n) is 12.0. The Kier molecular flexibility index (Phi) is 7.32. The normalized spacial score (nSPS) is 20.9. The second kappa shape index (κ2) is 10.6. The summed E-state index contributed by atoms with van der Waals surface area (Å²) in [5.74, 6) is 1.31. The maximum atomic E-state index is 13.1. The van der Waals surface area contributed by atoms with E-state index < -0.39 is 0 Å². The predicted molar refractivity (Wildman–Crippen MR) is 143 cm³/mol. The zero-order chi connectivity index (χ0) is 24.4. The number of rotatable bonds is 5. The van der Waals surface area contributed by atoms with E-state index in [1.165, 1.54) is 11.8 Å². The summed E-state index contributed by atoms with van der Waals surface area (Å²) >= 11 is 7.63. The molecule has 5 rings (SSSR count). The molecule has 184 valence electrons. The van der Waals surface area contributed by atoms with Crippen LogP contribution in [0.5, 0.6) is 0 Å². The summed E-state index contributed by atoms with van der Waals surface area (Å²) in [7, 11) is 0. The zero-order valence-corrected chi connectivity index (χ0v) is 21.6. The lowest BCUT2D eigenvalue weighted by Gasteiger charge is -2.37. The molecule has 0 radical (unpaired) electrons. The fourth-order valence-electron chi connectivity index (χ4n) is 4.74. The van der Waals surface area contributed by atoms with Crippen molar-refractivity contribution in [3.05, 3.63) is 53.6 Å². The van der Waals surface area contributed by atoms with E-state index in [0.29, 0.717) is 18.8 Å². The zero-order valence-electron chi connectivity index (χ0n) is 20.1. The first-order chi connectivity index (χ1) is 17.0. The van der Waals surface area contributed by atoms with E-state index in [-0.39, 0.29) is 18.1 Å². The molecule has 2 aliphatic rings. The lowest BCUT2D eigenvalue weighted by molar-refractivity contribution is -0.128. The van der Waals surface area contributed by atoms with Crippen molar-refractivity contribution in [3.8, 4) is 0 Å². The van der Waals surface area contributed by atoms with E-state index in [0.717, 1.165) is 58.8 Å². The van der Waals surface area contributed by atoms with Gasteiger partial charge in [0.05, 0.1) is 29.0 Å². The Morgan fingerprint density at radius 2 is 1.66 bits per heavy atom. The van der Waals surface area contributed by atoms with Gasteiger partial charge in [-0.1, -0.05) is 41.6 Å². The number of fused-ring (bicyclic) bond motifs is 1. The highest BCUT2D eigenvalue weighted by Gasteiger charge is 2.27. The third-order valence-electron chi connectivity index (χ3n) is 6.38. The van der Waals surface area contributed by atoms with Gasteiger partial charge in [-0.05, 0) is 44.2 Å². The molecule has 2 fully saturated rings. The molecule has 3 heterocycles. The molecule has 1 amide bonds. The lowest BCUT2D eigenvalue weighted by atomic mass is 10.2. The van der Waals surface area contributed by atoms with Crippen LogP contribution < -0.4 is 9.80 Å². The number of hydrogen-bond donors (Lipinski definition) is 0. The average molecular weight is 512 g/mol. The predicted octanol–water partition coefficient (Wildman–Crippen LogP) is 4.34. The van der Waals surface area contributed by atoms with Crippen LogP contribution in [0, 0.1) is 0 Å². The van der Waals surface area contributed by atoms with Gasteiger partial charge in [-0.3, -0.25) is 4.79 Å². The summed E-state index contributed by atoms with van der Waals surface area (Å²) in [5.41, 5.74) is 2.81. The van der Waals surface area contributed by atoms with Crippen molar-refractivity contribution in [1.29, 1.82) is 0 Å². The number of morpholine rings is 1. The van der Waals surface area contributed by atoms with Crippen molar-refractivity contribution in [2.24, 2.45) is 0 Å². The first kappa shape index (κ1) is 24.2. The summed E-state index contributed by atoms with van der Waals surface area (Å²) in [4.78, 5) is 29.4. The number of thioether (sulfide) groups is 1. The number of aromatic nitrogens is 2. The highest BCUT2D eigenvalue weighted by Crippen LogP contribution is 2.31. The number of amides is 1. The van der Waals surface area contributed by atoms with E-state index in [4.69, 9.17) is 26.3 Å². The van der Waals surface area contributed by atoms with Gasteiger partial charge in [-0.25, -0.2) is 9.97 Å². The van der Waals surface area contributed by atoms with Gasteiger partial charge in [0.2, 0.25) is 5.91 Å². The van der Waals surface area contributed by atoms with E-state index in [2.05, 4.69) is 29.7 Å². The number of piperazine rings is 1. The second-order valence-corrected chi connectivity index (χ2v) is 10.5. The summed E-state index contributed by atoms with van der Waals surface area (Å²) < 4.78 is 5.92. The molecule has 2 aliphatic heterocycles. The molecule has 1 aromatic heterocycles. The van der Waals surface area contributed by atoms with E-state index in [1.807, 2.05) is 47.4 Å². The van der Waals surface area contributed by atoms with Gasteiger partial charge in [0.15, 0.2) is 5.82 Å². The maximum absolute atomic E-state index is 13.1. The largest absolute Gasteiger partial charge is 0.372 e. The maximum Gasteiger partial charge on any atom is 0.233 e. The van der Waals surface area contributed by atoms with Crippen LogP contribution in [0.2, 0.25) is 5.02 Å². The summed E-state index contributed by atoms with van der Waals surface area (Å²) in [6.07, 6.45) is 0.226. The van der Waals surface area contributed by atoms with Crippen LogP contribution in [0.3, 0.4) is 0 Å². The monoisotopic (exact) mass is 511 g/mol. The average Bonchev–Trinajstić information content (AvgIpc) is 2.86. The van der Waals surface area contributed by atoms with Crippen LogP contribution in [-0.4, -0.2) is 78.0 Å². The number of nitrogens with zero attached hydrogens (tertiary/aromatic N) is 5. The summed E-state index contributed by atoms with van der Waals surface area (Å²) in [6.45, 7) is 8.64. The van der Waals surface area contributed by atoms with Gasteiger partial charge in [0.25, 0.3) is 0 Å². The number of halogens is 1. The van der Waals surface area contributed by atoms with Crippen LogP contribution in [0.15, 0.2) is 53.6 Å². The molecule has 35 heavy (non-hydrogen) atoms. The highest BCUT2D eigenvalue weighted by atomic mass is 35.5. The Morgan fingerprint density at radius 3 is 2.34 bits per heavy atom. The molecular weight excluding hydrogens is 482 g/mol. The number of ether oxygens (including phenoxy) is 1.